The van der Waals surface area contributed by atoms with E-state index in [0.717, 1.165) is 35.4 Å². The third-order valence-corrected chi connectivity index (χ3v) is 5.06. The Kier molecular flexibility index (Phi) is 3.79. The number of nitrogens with zero attached hydrogens (tertiary/aromatic N) is 2. The zero-order valence-corrected chi connectivity index (χ0v) is 14.2. The molecule has 2 aromatic rings. The van der Waals surface area contributed by atoms with Crippen LogP contribution in [0.2, 0.25) is 0 Å². The lowest BCUT2D eigenvalue weighted by Crippen LogP contribution is -2.31. The van der Waals surface area contributed by atoms with E-state index in [-0.39, 0.29) is 23.7 Å². The summed E-state index contributed by atoms with van der Waals surface area (Å²) >= 11 is 0. The van der Waals surface area contributed by atoms with Gasteiger partial charge < -0.3 is 4.74 Å². The molecular formula is C20H19FN2O2. The number of ether oxygens (including phenoxy) is 1. The van der Waals surface area contributed by atoms with Gasteiger partial charge in [0, 0.05) is 18.4 Å². The Morgan fingerprint density at radius 1 is 1.24 bits per heavy atom. The summed E-state index contributed by atoms with van der Waals surface area (Å²) in [4.78, 5) is 12.2. The Hall–Kier alpha value is -2.69. The SMILES string of the molecule is COc1ccc2c(c1)C1=NN(C(C)=O)C(c3ccc(F)cc3)[C@@H]1CC2. The fraction of sp³-hybridized carbons (Fsp3) is 0.300. The van der Waals surface area contributed by atoms with Crippen LogP contribution in [-0.2, 0) is 11.2 Å². The number of aryl methyl sites for hydroxylation is 1. The summed E-state index contributed by atoms with van der Waals surface area (Å²) in [7, 11) is 1.64. The van der Waals surface area contributed by atoms with Crippen molar-refractivity contribution in [1.82, 2.24) is 5.01 Å². The van der Waals surface area contributed by atoms with Crippen LogP contribution in [0.1, 0.15) is 36.1 Å². The minimum atomic E-state index is -0.281. The van der Waals surface area contributed by atoms with Crippen molar-refractivity contribution in [3.8, 4) is 5.75 Å². The highest BCUT2D eigenvalue weighted by molar-refractivity contribution is 6.07. The summed E-state index contributed by atoms with van der Waals surface area (Å²) in [5, 5.41) is 6.20. The van der Waals surface area contributed by atoms with E-state index < -0.39 is 0 Å². The van der Waals surface area contributed by atoms with Crippen LogP contribution in [0.15, 0.2) is 47.6 Å². The fourth-order valence-electron chi connectivity index (χ4n) is 3.87. The van der Waals surface area contributed by atoms with Crippen LogP contribution in [0, 0.1) is 11.7 Å². The van der Waals surface area contributed by atoms with E-state index >= 15 is 0 Å². The number of carbonyl (C=O) groups excluding carboxylic acids is 1. The Bertz CT molecular complexity index is 860. The molecule has 4 nitrogen and oxygen atoms in total. The maximum Gasteiger partial charge on any atom is 0.240 e. The number of amides is 1. The van der Waals surface area contributed by atoms with Crippen molar-refractivity contribution < 1.29 is 13.9 Å². The van der Waals surface area contributed by atoms with Crippen molar-refractivity contribution in [1.29, 1.82) is 0 Å². The number of rotatable bonds is 2. The van der Waals surface area contributed by atoms with Crippen LogP contribution in [0.5, 0.6) is 5.75 Å². The van der Waals surface area contributed by atoms with Crippen LogP contribution in [0.3, 0.4) is 0 Å². The number of benzene rings is 2. The van der Waals surface area contributed by atoms with Crippen molar-refractivity contribution in [3.63, 3.8) is 0 Å². The molecule has 0 aromatic heterocycles. The standard InChI is InChI=1S/C20H19FN2O2/c1-12(24)23-20(14-3-7-15(21)8-4-14)17-10-6-13-5-9-16(25-2)11-18(13)19(17)22-23/h3-5,7-9,11,17,20H,6,10H2,1-2H3/t17-,20?/m1/s1. The summed E-state index contributed by atoms with van der Waals surface area (Å²) in [6.07, 6.45) is 1.83. The molecule has 2 atom stereocenters. The Balaban J connectivity index is 1.80. The molecule has 128 valence electrons. The Morgan fingerprint density at radius 3 is 2.68 bits per heavy atom. The van der Waals surface area contributed by atoms with Gasteiger partial charge in [-0.05, 0) is 48.2 Å². The van der Waals surface area contributed by atoms with Crippen molar-refractivity contribution >= 4 is 11.6 Å². The van der Waals surface area contributed by atoms with Crippen molar-refractivity contribution in [3.05, 3.63) is 65.0 Å². The van der Waals surface area contributed by atoms with Gasteiger partial charge in [-0.25, -0.2) is 9.40 Å². The molecule has 0 saturated heterocycles. The average Bonchev–Trinajstić information content (AvgIpc) is 3.02. The van der Waals surface area contributed by atoms with E-state index in [0.29, 0.717) is 0 Å². The maximum atomic E-state index is 13.3. The zero-order valence-electron chi connectivity index (χ0n) is 14.2. The van der Waals surface area contributed by atoms with E-state index in [1.165, 1.54) is 24.6 Å². The monoisotopic (exact) mass is 338 g/mol. The third kappa shape index (κ3) is 2.60. The predicted octanol–water partition coefficient (Wildman–Crippen LogP) is 3.70. The number of carbonyl (C=O) groups is 1. The number of hydrogen-bond acceptors (Lipinski definition) is 3. The molecule has 5 heteroatoms. The van der Waals surface area contributed by atoms with E-state index in [4.69, 9.17) is 4.74 Å². The molecule has 1 aliphatic heterocycles. The third-order valence-electron chi connectivity index (χ3n) is 5.06. The van der Waals surface area contributed by atoms with E-state index in [1.807, 2.05) is 12.1 Å². The van der Waals surface area contributed by atoms with Gasteiger partial charge in [-0.3, -0.25) is 4.79 Å². The van der Waals surface area contributed by atoms with E-state index in [1.54, 1.807) is 24.3 Å². The highest BCUT2D eigenvalue weighted by atomic mass is 19.1. The minimum Gasteiger partial charge on any atom is -0.497 e. The zero-order chi connectivity index (χ0) is 17.6. The lowest BCUT2D eigenvalue weighted by atomic mass is 9.77. The lowest BCUT2D eigenvalue weighted by molar-refractivity contribution is -0.131. The van der Waals surface area contributed by atoms with Crippen LogP contribution in [0.4, 0.5) is 4.39 Å². The van der Waals surface area contributed by atoms with Crippen molar-refractivity contribution in [2.45, 2.75) is 25.8 Å². The van der Waals surface area contributed by atoms with Crippen molar-refractivity contribution in [2.24, 2.45) is 11.0 Å². The highest BCUT2D eigenvalue weighted by Crippen LogP contribution is 2.43. The Labute approximate surface area is 145 Å². The molecule has 1 amide bonds. The number of methoxy groups -OCH3 is 1. The molecule has 0 saturated carbocycles. The average molecular weight is 338 g/mol. The summed E-state index contributed by atoms with van der Waals surface area (Å²) in [6, 6.07) is 12.2. The summed E-state index contributed by atoms with van der Waals surface area (Å²) in [5.74, 6) is 0.493. The van der Waals surface area contributed by atoms with Crippen LogP contribution >= 0.6 is 0 Å². The molecule has 0 fully saturated rings. The predicted molar refractivity (Wildman–Crippen MR) is 93.0 cm³/mol. The van der Waals surface area contributed by atoms with Gasteiger partial charge in [0.15, 0.2) is 0 Å². The quantitative estimate of drug-likeness (QED) is 0.838. The largest absolute Gasteiger partial charge is 0.497 e. The number of halogens is 1. The van der Waals surface area contributed by atoms with Crippen LogP contribution in [-0.4, -0.2) is 23.7 Å². The first-order valence-corrected chi connectivity index (χ1v) is 8.39. The molecule has 1 unspecified atom stereocenters. The minimum absolute atomic E-state index is 0.106. The number of hydrazone groups is 1. The molecule has 2 aromatic carbocycles. The first-order valence-electron chi connectivity index (χ1n) is 8.39. The van der Waals surface area contributed by atoms with Gasteiger partial charge in [0.2, 0.25) is 5.91 Å². The van der Waals surface area contributed by atoms with Gasteiger partial charge >= 0.3 is 0 Å². The smallest absolute Gasteiger partial charge is 0.240 e. The van der Waals surface area contributed by atoms with Gasteiger partial charge in [-0.15, -0.1) is 0 Å². The topological polar surface area (TPSA) is 41.9 Å². The molecule has 0 bridgehead atoms. The molecule has 2 aliphatic rings. The molecule has 0 N–H and O–H groups in total. The van der Waals surface area contributed by atoms with Gasteiger partial charge in [0.1, 0.15) is 11.6 Å². The van der Waals surface area contributed by atoms with E-state index in [2.05, 4.69) is 11.2 Å². The second-order valence-electron chi connectivity index (χ2n) is 6.51. The van der Waals surface area contributed by atoms with Crippen LogP contribution in [0.25, 0.3) is 0 Å². The van der Waals surface area contributed by atoms with Gasteiger partial charge in [0.05, 0.1) is 18.9 Å². The normalized spacial score (nSPS) is 21.4. The van der Waals surface area contributed by atoms with Gasteiger partial charge in [-0.1, -0.05) is 18.2 Å². The lowest BCUT2D eigenvalue weighted by Gasteiger charge is -2.29. The first-order chi connectivity index (χ1) is 12.1. The molecule has 0 radical (unpaired) electrons. The molecule has 1 aliphatic carbocycles. The Morgan fingerprint density at radius 2 is 2.00 bits per heavy atom. The van der Waals surface area contributed by atoms with E-state index in [9.17, 15) is 9.18 Å². The molecule has 4 rings (SSSR count). The fourth-order valence-corrected chi connectivity index (χ4v) is 3.87. The van der Waals surface area contributed by atoms with Crippen molar-refractivity contribution in [2.75, 3.05) is 7.11 Å². The van der Waals surface area contributed by atoms with Gasteiger partial charge in [0.25, 0.3) is 0 Å². The first kappa shape index (κ1) is 15.8. The molecule has 25 heavy (non-hydrogen) atoms. The second kappa shape index (κ2) is 5.99. The number of fused-ring (bicyclic) bond motifs is 3. The highest BCUT2D eigenvalue weighted by Gasteiger charge is 2.43. The second-order valence-corrected chi connectivity index (χ2v) is 6.51. The van der Waals surface area contributed by atoms with Gasteiger partial charge in [-0.2, -0.15) is 5.10 Å². The summed E-state index contributed by atoms with van der Waals surface area (Å²) in [6.45, 7) is 1.52. The summed E-state index contributed by atoms with van der Waals surface area (Å²) < 4.78 is 18.7. The molecule has 1 heterocycles. The molecular weight excluding hydrogens is 319 g/mol. The summed E-state index contributed by atoms with van der Waals surface area (Å²) in [5.41, 5.74) is 4.10. The number of hydrogen-bond donors (Lipinski definition) is 0. The molecule has 0 spiro atoms. The maximum absolute atomic E-state index is 13.3. The van der Waals surface area contributed by atoms with Crippen LogP contribution < -0.4 is 4.74 Å².